The summed E-state index contributed by atoms with van der Waals surface area (Å²) >= 11 is 1.33. The van der Waals surface area contributed by atoms with E-state index in [9.17, 15) is 20.0 Å². The molecule has 0 fully saturated rings. The molecule has 23 heavy (non-hydrogen) atoms. The molecule has 1 aliphatic heterocycles. The van der Waals surface area contributed by atoms with Crippen LogP contribution in [0.1, 0.15) is 35.1 Å². The van der Waals surface area contributed by atoms with E-state index in [1.807, 2.05) is 13.8 Å². The molecule has 1 aliphatic rings. The summed E-state index contributed by atoms with van der Waals surface area (Å²) in [7, 11) is 0. The van der Waals surface area contributed by atoms with Crippen LogP contribution < -0.4 is 5.32 Å². The van der Waals surface area contributed by atoms with Crippen LogP contribution in [0.4, 0.5) is 5.69 Å². The van der Waals surface area contributed by atoms with Crippen LogP contribution in [0.5, 0.6) is 5.75 Å². The van der Waals surface area contributed by atoms with Gasteiger partial charge in [0.15, 0.2) is 0 Å². The average Bonchev–Trinajstić information content (AvgIpc) is 2.56. The molecule has 0 spiro atoms. The molecule has 0 saturated carbocycles. The van der Waals surface area contributed by atoms with Gasteiger partial charge in [-0.05, 0) is 12.1 Å². The topological polar surface area (TPSA) is 92.5 Å². The van der Waals surface area contributed by atoms with Crippen molar-refractivity contribution in [2.24, 2.45) is 0 Å². The normalized spacial score (nSPS) is 15.7. The molecule has 3 rings (SSSR count). The average molecular weight is 332 g/mol. The first-order valence-electron chi connectivity index (χ1n) is 7.10. The first-order chi connectivity index (χ1) is 11.1. The summed E-state index contributed by atoms with van der Waals surface area (Å²) in [5, 5.41) is 22.9. The van der Waals surface area contributed by atoms with E-state index in [2.05, 4.69) is 5.32 Å². The Morgan fingerprint density at radius 2 is 1.91 bits per heavy atom. The Hall–Kier alpha value is -2.54. The third kappa shape index (κ3) is 3.45. The maximum Gasteiger partial charge on any atom is 0.270 e. The molecule has 1 atom stereocenters. The number of carbonyl (C=O) groups excluding carboxylic acids is 1. The molecule has 1 unspecified atom stereocenters. The van der Waals surface area contributed by atoms with Crippen molar-refractivity contribution in [1.29, 1.82) is 0 Å². The second-order valence-electron chi connectivity index (χ2n) is 4.47. The van der Waals surface area contributed by atoms with Gasteiger partial charge in [-0.1, -0.05) is 43.8 Å². The lowest BCUT2D eigenvalue weighted by Crippen LogP contribution is -2.30. The summed E-state index contributed by atoms with van der Waals surface area (Å²) in [4.78, 5) is 23.0. The number of nitro benzene ring substituents is 1. The fraction of sp³-hybridized carbons (Fsp3) is 0.188. The number of para-hydroxylation sites is 1. The number of hydrogen-bond acceptors (Lipinski definition) is 5. The van der Waals surface area contributed by atoms with Crippen LogP contribution in [0.2, 0.25) is 0 Å². The monoisotopic (exact) mass is 332 g/mol. The lowest BCUT2D eigenvalue weighted by atomic mass is 10.1. The molecule has 1 amide bonds. The number of carbonyl (C=O) groups is 1. The largest absolute Gasteiger partial charge is 0.508 e. The Balaban J connectivity index is 0.000000924. The van der Waals surface area contributed by atoms with Crippen LogP contribution in [0.25, 0.3) is 0 Å². The highest BCUT2D eigenvalue weighted by atomic mass is 32.2. The molecule has 0 saturated heterocycles. The Morgan fingerprint density at radius 3 is 2.57 bits per heavy atom. The molecule has 0 bridgehead atoms. The van der Waals surface area contributed by atoms with Gasteiger partial charge < -0.3 is 10.4 Å². The van der Waals surface area contributed by atoms with Crippen LogP contribution in [-0.4, -0.2) is 15.9 Å². The molecule has 2 aromatic rings. The Morgan fingerprint density at radius 1 is 1.22 bits per heavy atom. The fourth-order valence-electron chi connectivity index (χ4n) is 2.12. The number of non-ortho nitro benzene ring substituents is 1. The second-order valence-corrected chi connectivity index (χ2v) is 5.61. The number of benzene rings is 2. The number of thioether (sulfide) groups is 1. The molecule has 7 heteroatoms. The van der Waals surface area contributed by atoms with Gasteiger partial charge in [0.1, 0.15) is 11.1 Å². The molecule has 0 radical (unpaired) electrons. The summed E-state index contributed by atoms with van der Waals surface area (Å²) < 4.78 is 0. The molecule has 1 heterocycles. The summed E-state index contributed by atoms with van der Waals surface area (Å²) in [6.45, 7) is 4.00. The van der Waals surface area contributed by atoms with Gasteiger partial charge in [0.05, 0.1) is 10.5 Å². The van der Waals surface area contributed by atoms with E-state index in [0.717, 1.165) is 0 Å². The summed E-state index contributed by atoms with van der Waals surface area (Å²) in [5.74, 6) is -0.290. The predicted octanol–water partition coefficient (Wildman–Crippen LogP) is 3.86. The SMILES string of the molecule is CC.O=C1NC(c2ccccc2O)Sc2ccc([N+](=O)[O-])cc21. The van der Waals surface area contributed by atoms with E-state index in [0.29, 0.717) is 10.5 Å². The second kappa shape index (κ2) is 7.15. The third-order valence-corrected chi connectivity index (χ3v) is 4.36. The van der Waals surface area contributed by atoms with E-state index < -0.39 is 10.3 Å². The smallest absolute Gasteiger partial charge is 0.270 e. The van der Waals surface area contributed by atoms with Gasteiger partial charge in [-0.3, -0.25) is 14.9 Å². The molecule has 120 valence electrons. The number of hydrogen-bond donors (Lipinski definition) is 2. The van der Waals surface area contributed by atoms with Crippen LogP contribution in [-0.2, 0) is 0 Å². The molecule has 2 N–H and O–H groups in total. The summed E-state index contributed by atoms with van der Waals surface area (Å²) in [6, 6.07) is 10.9. The Labute approximate surface area is 137 Å². The highest BCUT2D eigenvalue weighted by Crippen LogP contribution is 2.42. The van der Waals surface area contributed by atoms with Crippen molar-refractivity contribution in [2.75, 3.05) is 0 Å². The lowest BCUT2D eigenvalue weighted by Gasteiger charge is -2.25. The van der Waals surface area contributed by atoms with E-state index in [1.54, 1.807) is 30.3 Å². The third-order valence-electron chi connectivity index (χ3n) is 3.14. The zero-order valence-corrected chi connectivity index (χ0v) is 13.5. The number of phenols is 1. The van der Waals surface area contributed by atoms with Crippen LogP contribution in [0, 0.1) is 10.1 Å². The maximum atomic E-state index is 12.1. The van der Waals surface area contributed by atoms with Crippen molar-refractivity contribution in [3.63, 3.8) is 0 Å². The van der Waals surface area contributed by atoms with Gasteiger partial charge in [0.25, 0.3) is 11.6 Å². The van der Waals surface area contributed by atoms with Gasteiger partial charge in [0.2, 0.25) is 0 Å². The minimum Gasteiger partial charge on any atom is -0.508 e. The number of nitrogens with one attached hydrogen (secondary N) is 1. The fourth-order valence-corrected chi connectivity index (χ4v) is 3.29. The molecule has 0 aromatic heterocycles. The number of amides is 1. The molecule has 2 aromatic carbocycles. The first-order valence-corrected chi connectivity index (χ1v) is 7.98. The number of rotatable bonds is 2. The quantitative estimate of drug-likeness (QED) is 0.643. The molecular formula is C16H16N2O4S. The van der Waals surface area contributed by atoms with Crippen LogP contribution >= 0.6 is 11.8 Å². The first kappa shape index (κ1) is 16.8. The van der Waals surface area contributed by atoms with Crippen molar-refractivity contribution in [3.05, 3.63) is 63.7 Å². The standard InChI is InChI=1S/C14H10N2O4S.C2H6/c17-11-4-2-1-3-9(11)14-15-13(18)10-7-8(16(19)20)5-6-12(10)21-14;1-2/h1-7,14,17H,(H,15,18);1-2H3. The maximum absolute atomic E-state index is 12.1. The highest BCUT2D eigenvalue weighted by Gasteiger charge is 2.28. The number of fused-ring (bicyclic) bond motifs is 1. The van der Waals surface area contributed by atoms with Gasteiger partial charge in [-0.25, -0.2) is 0 Å². The Kier molecular flexibility index (Phi) is 5.23. The lowest BCUT2D eigenvalue weighted by molar-refractivity contribution is -0.384. The zero-order valence-electron chi connectivity index (χ0n) is 12.6. The number of aromatic hydroxyl groups is 1. The van der Waals surface area contributed by atoms with E-state index >= 15 is 0 Å². The van der Waals surface area contributed by atoms with E-state index in [4.69, 9.17) is 0 Å². The van der Waals surface area contributed by atoms with Gasteiger partial charge >= 0.3 is 0 Å². The molecule has 6 nitrogen and oxygen atoms in total. The van der Waals surface area contributed by atoms with Crippen molar-refractivity contribution in [1.82, 2.24) is 5.32 Å². The van der Waals surface area contributed by atoms with Gasteiger partial charge in [0, 0.05) is 22.6 Å². The molecular weight excluding hydrogens is 316 g/mol. The van der Waals surface area contributed by atoms with Gasteiger partial charge in [-0.15, -0.1) is 0 Å². The Bertz CT molecular complexity index is 749. The van der Waals surface area contributed by atoms with Gasteiger partial charge in [-0.2, -0.15) is 0 Å². The predicted molar refractivity (Wildman–Crippen MR) is 88.6 cm³/mol. The number of nitrogens with zero attached hydrogens (tertiary/aromatic N) is 1. The van der Waals surface area contributed by atoms with E-state index in [1.165, 1.54) is 23.9 Å². The minimum atomic E-state index is -0.534. The highest BCUT2D eigenvalue weighted by molar-refractivity contribution is 7.99. The summed E-state index contributed by atoms with van der Waals surface area (Å²) in [5.41, 5.74) is 0.756. The zero-order chi connectivity index (χ0) is 17.0. The molecule has 0 aliphatic carbocycles. The number of phenolic OH excluding ortho intramolecular Hbond substituents is 1. The van der Waals surface area contributed by atoms with Crippen molar-refractivity contribution < 1.29 is 14.8 Å². The minimum absolute atomic E-state index is 0.0978. The van der Waals surface area contributed by atoms with Crippen molar-refractivity contribution in [2.45, 2.75) is 24.1 Å². The van der Waals surface area contributed by atoms with E-state index in [-0.39, 0.29) is 22.9 Å². The van der Waals surface area contributed by atoms with Crippen LogP contribution in [0.3, 0.4) is 0 Å². The summed E-state index contributed by atoms with van der Waals surface area (Å²) in [6.07, 6.45) is 0. The van der Waals surface area contributed by atoms with Crippen molar-refractivity contribution >= 4 is 23.4 Å². The van der Waals surface area contributed by atoms with Crippen LogP contribution in [0.15, 0.2) is 47.4 Å². The van der Waals surface area contributed by atoms with Crippen molar-refractivity contribution in [3.8, 4) is 5.75 Å². The number of nitro groups is 1.